The van der Waals surface area contributed by atoms with Crippen molar-refractivity contribution in [1.82, 2.24) is 5.32 Å². The molecular weight excluding hydrogens is 274 g/mol. The van der Waals surface area contributed by atoms with Crippen molar-refractivity contribution < 1.29 is 13.7 Å². The van der Waals surface area contributed by atoms with Crippen molar-refractivity contribution in [2.24, 2.45) is 0 Å². The van der Waals surface area contributed by atoms with Gasteiger partial charge in [-0.1, -0.05) is 25.1 Å². The Kier molecular flexibility index (Phi) is 6.01. The van der Waals surface area contributed by atoms with Gasteiger partial charge in [0.25, 0.3) is 0 Å². The van der Waals surface area contributed by atoms with Crippen LogP contribution in [0.1, 0.15) is 24.9 Å². The number of methoxy groups -OCH3 is 1. The zero-order valence-electron chi connectivity index (χ0n) is 12.1. The lowest BCUT2D eigenvalue weighted by Crippen LogP contribution is -2.43. The van der Waals surface area contributed by atoms with Crippen molar-refractivity contribution in [3.05, 3.63) is 29.8 Å². The molecule has 4 nitrogen and oxygen atoms in total. The van der Waals surface area contributed by atoms with Gasteiger partial charge in [0.15, 0.2) is 0 Å². The maximum atomic E-state index is 12.5. The van der Waals surface area contributed by atoms with E-state index in [0.717, 1.165) is 24.3 Å². The molecule has 112 valence electrons. The summed E-state index contributed by atoms with van der Waals surface area (Å²) in [6, 6.07) is 8.10. The van der Waals surface area contributed by atoms with Gasteiger partial charge in [-0.3, -0.25) is 4.21 Å². The highest BCUT2D eigenvalue weighted by molar-refractivity contribution is 7.85. The second kappa shape index (κ2) is 7.76. The minimum atomic E-state index is -0.960. The average Bonchev–Trinajstić information content (AvgIpc) is 2.50. The molecule has 0 saturated heterocycles. The van der Waals surface area contributed by atoms with E-state index in [1.165, 1.54) is 0 Å². The van der Waals surface area contributed by atoms with E-state index in [9.17, 15) is 4.21 Å². The van der Waals surface area contributed by atoms with Gasteiger partial charge in [0.1, 0.15) is 12.4 Å². The lowest BCUT2D eigenvalue weighted by molar-refractivity contribution is 0.216. The predicted molar refractivity (Wildman–Crippen MR) is 81.6 cm³/mol. The Morgan fingerprint density at radius 3 is 3.00 bits per heavy atom. The van der Waals surface area contributed by atoms with Gasteiger partial charge in [-0.25, -0.2) is 0 Å². The van der Waals surface area contributed by atoms with Crippen LogP contribution in [0.3, 0.4) is 0 Å². The molecule has 0 amide bonds. The fraction of sp³-hybridized carbons (Fsp3) is 0.600. The van der Waals surface area contributed by atoms with E-state index < -0.39 is 10.8 Å². The first-order valence-electron chi connectivity index (χ1n) is 7.09. The van der Waals surface area contributed by atoms with E-state index in [1.807, 2.05) is 18.2 Å². The van der Waals surface area contributed by atoms with Gasteiger partial charge in [-0.05, 0) is 19.0 Å². The van der Waals surface area contributed by atoms with E-state index in [4.69, 9.17) is 9.47 Å². The van der Waals surface area contributed by atoms with Gasteiger partial charge in [0, 0.05) is 29.2 Å². The topological polar surface area (TPSA) is 47.6 Å². The number of hydrogen-bond acceptors (Lipinski definition) is 4. The zero-order chi connectivity index (χ0) is 14.4. The number of para-hydroxylation sites is 1. The molecular formula is C15H23NO3S. The van der Waals surface area contributed by atoms with Crippen LogP contribution in [-0.2, 0) is 15.5 Å². The average molecular weight is 297 g/mol. The highest BCUT2D eigenvalue weighted by Crippen LogP contribution is 2.34. The second-order valence-electron chi connectivity index (χ2n) is 4.90. The van der Waals surface area contributed by atoms with Crippen LogP contribution in [-0.4, -0.2) is 42.1 Å². The summed E-state index contributed by atoms with van der Waals surface area (Å²) in [4.78, 5) is 0. The zero-order valence-corrected chi connectivity index (χ0v) is 12.9. The standard InChI is InChI=1S/C15H23NO3S/c1-3-8-16-15-12-6-4-5-7-13(12)19-11-14(15)20(17)10-9-18-2/h4-7,14-16H,3,8-11H2,1-2H3. The largest absolute Gasteiger partial charge is 0.492 e. The Morgan fingerprint density at radius 2 is 2.25 bits per heavy atom. The number of fused-ring (bicyclic) bond motifs is 1. The molecule has 0 radical (unpaired) electrons. The highest BCUT2D eigenvalue weighted by Gasteiger charge is 2.34. The molecule has 0 bridgehead atoms. The Morgan fingerprint density at radius 1 is 1.45 bits per heavy atom. The van der Waals surface area contributed by atoms with Gasteiger partial charge in [-0.15, -0.1) is 0 Å². The molecule has 1 aliphatic heterocycles. The van der Waals surface area contributed by atoms with Crippen molar-refractivity contribution in [3.8, 4) is 5.75 Å². The smallest absolute Gasteiger partial charge is 0.124 e. The van der Waals surface area contributed by atoms with Crippen LogP contribution in [0.5, 0.6) is 5.75 Å². The Bertz CT molecular complexity index is 452. The number of rotatable bonds is 7. The molecule has 1 N–H and O–H groups in total. The first kappa shape index (κ1) is 15.5. The van der Waals surface area contributed by atoms with E-state index in [2.05, 4.69) is 18.3 Å². The SMILES string of the molecule is CCCNC1c2ccccc2OCC1S(=O)CCOC. The van der Waals surface area contributed by atoms with Crippen LogP contribution in [0.4, 0.5) is 0 Å². The fourth-order valence-electron chi connectivity index (χ4n) is 2.42. The molecule has 0 aromatic heterocycles. The molecule has 1 aromatic rings. The molecule has 0 saturated carbocycles. The van der Waals surface area contributed by atoms with Crippen LogP contribution >= 0.6 is 0 Å². The maximum absolute atomic E-state index is 12.5. The normalized spacial score (nSPS) is 22.9. The van der Waals surface area contributed by atoms with Gasteiger partial charge >= 0.3 is 0 Å². The summed E-state index contributed by atoms with van der Waals surface area (Å²) in [5.74, 6) is 1.46. The molecule has 3 unspecified atom stereocenters. The molecule has 0 fully saturated rings. The lowest BCUT2D eigenvalue weighted by Gasteiger charge is -2.33. The van der Waals surface area contributed by atoms with E-state index >= 15 is 0 Å². The van der Waals surface area contributed by atoms with E-state index in [-0.39, 0.29) is 11.3 Å². The maximum Gasteiger partial charge on any atom is 0.124 e. The third-order valence-electron chi connectivity index (χ3n) is 3.47. The number of hydrogen-bond donors (Lipinski definition) is 1. The number of nitrogens with one attached hydrogen (secondary N) is 1. The Labute approximate surface area is 123 Å². The lowest BCUT2D eigenvalue weighted by atomic mass is 10.00. The van der Waals surface area contributed by atoms with Crippen molar-refractivity contribution in [2.45, 2.75) is 24.6 Å². The summed E-state index contributed by atoms with van der Waals surface area (Å²) in [5, 5.41) is 3.50. The number of ether oxygens (including phenoxy) is 2. The second-order valence-corrected chi connectivity index (χ2v) is 6.67. The van der Waals surface area contributed by atoms with Crippen molar-refractivity contribution in [2.75, 3.05) is 32.6 Å². The minimum Gasteiger partial charge on any atom is -0.492 e. The fourth-order valence-corrected chi connectivity index (χ4v) is 3.82. The third-order valence-corrected chi connectivity index (χ3v) is 5.12. The molecule has 5 heteroatoms. The van der Waals surface area contributed by atoms with Crippen LogP contribution in [0, 0.1) is 0 Å². The minimum absolute atomic E-state index is 0.0217. The first-order chi connectivity index (χ1) is 9.77. The van der Waals surface area contributed by atoms with Crippen molar-refractivity contribution in [3.63, 3.8) is 0 Å². The van der Waals surface area contributed by atoms with Crippen molar-refractivity contribution >= 4 is 10.8 Å². The van der Waals surface area contributed by atoms with Crippen LogP contribution < -0.4 is 10.1 Å². The van der Waals surface area contributed by atoms with E-state index in [0.29, 0.717) is 19.0 Å². The third kappa shape index (κ3) is 3.59. The molecule has 20 heavy (non-hydrogen) atoms. The van der Waals surface area contributed by atoms with E-state index in [1.54, 1.807) is 7.11 Å². The molecule has 0 aliphatic carbocycles. The first-order valence-corrected chi connectivity index (χ1v) is 8.47. The molecule has 2 rings (SSSR count). The predicted octanol–water partition coefficient (Wildman–Crippen LogP) is 1.88. The van der Waals surface area contributed by atoms with Crippen molar-refractivity contribution in [1.29, 1.82) is 0 Å². The number of benzene rings is 1. The molecule has 1 aliphatic rings. The summed E-state index contributed by atoms with van der Waals surface area (Å²) in [6.45, 7) is 4.06. The summed E-state index contributed by atoms with van der Waals surface area (Å²) in [6.07, 6.45) is 1.05. The van der Waals surface area contributed by atoms with Crippen LogP contribution in [0.2, 0.25) is 0 Å². The Hall–Kier alpha value is -0.910. The molecule has 3 atom stereocenters. The molecule has 0 spiro atoms. The summed E-state index contributed by atoms with van der Waals surface area (Å²) in [7, 11) is 0.676. The molecule has 1 heterocycles. The van der Waals surface area contributed by atoms with Crippen LogP contribution in [0.25, 0.3) is 0 Å². The van der Waals surface area contributed by atoms with Gasteiger partial charge in [-0.2, -0.15) is 0 Å². The highest BCUT2D eigenvalue weighted by atomic mass is 32.2. The summed E-state index contributed by atoms with van der Waals surface area (Å²) in [5.41, 5.74) is 1.11. The Balaban J connectivity index is 2.17. The summed E-state index contributed by atoms with van der Waals surface area (Å²) >= 11 is 0. The quantitative estimate of drug-likeness (QED) is 0.835. The van der Waals surface area contributed by atoms with Gasteiger partial charge < -0.3 is 14.8 Å². The molecule has 1 aromatic carbocycles. The monoisotopic (exact) mass is 297 g/mol. The van der Waals surface area contributed by atoms with Gasteiger partial charge in [0.05, 0.1) is 17.9 Å². The van der Waals surface area contributed by atoms with Crippen LogP contribution in [0.15, 0.2) is 24.3 Å². The van der Waals surface area contributed by atoms with Gasteiger partial charge in [0.2, 0.25) is 0 Å². The summed E-state index contributed by atoms with van der Waals surface area (Å²) < 4.78 is 23.3.